The minimum atomic E-state index is -0.700. The van der Waals surface area contributed by atoms with E-state index in [1.54, 1.807) is 20.8 Å². The monoisotopic (exact) mass is 350 g/mol. The number of nitrogens with two attached hydrogens (primary N) is 1. The lowest BCUT2D eigenvalue weighted by atomic mass is 10.2. The van der Waals surface area contributed by atoms with Crippen LogP contribution in [0.1, 0.15) is 33.6 Å². The van der Waals surface area contributed by atoms with Crippen molar-refractivity contribution in [3.8, 4) is 0 Å². The van der Waals surface area contributed by atoms with Gasteiger partial charge in [0.15, 0.2) is 0 Å². The molecule has 2 rings (SSSR count). The summed E-state index contributed by atoms with van der Waals surface area (Å²) in [5.74, 6) is -0.449. The summed E-state index contributed by atoms with van der Waals surface area (Å²) in [5.41, 5.74) is 5.29. The zero-order valence-corrected chi connectivity index (χ0v) is 14.4. The zero-order valence-electron chi connectivity index (χ0n) is 14.4. The summed E-state index contributed by atoms with van der Waals surface area (Å²) in [6, 6.07) is 3.11. The highest BCUT2D eigenvalue weighted by atomic mass is 16.6. The first kappa shape index (κ1) is 18.5. The zero-order chi connectivity index (χ0) is 18.8. The number of benzene rings is 1. The van der Waals surface area contributed by atoms with Gasteiger partial charge >= 0.3 is 6.09 Å². The van der Waals surface area contributed by atoms with Gasteiger partial charge in [-0.1, -0.05) is 0 Å². The molecule has 0 aromatic heterocycles. The molecule has 1 saturated heterocycles. The highest BCUT2D eigenvalue weighted by molar-refractivity contribution is 5.99. The number of non-ortho nitro benzene ring substituents is 1. The highest BCUT2D eigenvalue weighted by Crippen LogP contribution is 2.27. The Morgan fingerprint density at radius 3 is 2.68 bits per heavy atom. The van der Waals surface area contributed by atoms with E-state index in [0.717, 1.165) is 0 Å². The molecule has 1 atom stereocenters. The number of likely N-dealkylation sites (tertiary alicyclic amines) is 1. The third-order valence-electron chi connectivity index (χ3n) is 3.69. The fraction of sp³-hybridized carbons (Fsp3) is 0.500. The second-order valence-electron chi connectivity index (χ2n) is 6.85. The van der Waals surface area contributed by atoms with Gasteiger partial charge < -0.3 is 15.8 Å². The van der Waals surface area contributed by atoms with Crippen molar-refractivity contribution in [2.24, 2.45) is 0 Å². The Bertz CT molecular complexity index is 698. The van der Waals surface area contributed by atoms with Crippen LogP contribution in [0.4, 0.5) is 21.9 Å². The fourth-order valence-corrected chi connectivity index (χ4v) is 2.56. The summed E-state index contributed by atoms with van der Waals surface area (Å²) in [4.78, 5) is 36.5. The van der Waals surface area contributed by atoms with Crippen molar-refractivity contribution >= 4 is 29.1 Å². The molecule has 1 fully saturated rings. The lowest BCUT2D eigenvalue weighted by Crippen LogP contribution is -2.45. The lowest BCUT2D eigenvalue weighted by molar-refractivity contribution is -0.384. The van der Waals surface area contributed by atoms with E-state index < -0.39 is 28.6 Å². The predicted octanol–water partition coefficient (Wildman–Crippen LogP) is 2.51. The Balaban J connectivity index is 2.13. The minimum Gasteiger partial charge on any atom is -0.444 e. The van der Waals surface area contributed by atoms with Crippen LogP contribution >= 0.6 is 0 Å². The molecule has 0 saturated carbocycles. The van der Waals surface area contributed by atoms with Crippen molar-refractivity contribution in [3.63, 3.8) is 0 Å². The van der Waals surface area contributed by atoms with Crippen molar-refractivity contribution in [1.29, 1.82) is 0 Å². The summed E-state index contributed by atoms with van der Waals surface area (Å²) in [6.45, 7) is 5.66. The first-order chi connectivity index (χ1) is 11.6. The molecule has 0 bridgehead atoms. The van der Waals surface area contributed by atoms with E-state index in [0.29, 0.717) is 19.4 Å². The van der Waals surface area contributed by atoms with Gasteiger partial charge in [-0.25, -0.2) is 4.79 Å². The van der Waals surface area contributed by atoms with Gasteiger partial charge in [0.1, 0.15) is 11.6 Å². The predicted molar refractivity (Wildman–Crippen MR) is 92.1 cm³/mol. The number of anilines is 2. The Kier molecular flexibility index (Phi) is 5.15. The van der Waals surface area contributed by atoms with Crippen LogP contribution < -0.4 is 11.1 Å². The van der Waals surface area contributed by atoms with Crippen LogP contribution in [0.3, 0.4) is 0 Å². The molecule has 2 amide bonds. The van der Waals surface area contributed by atoms with Crippen LogP contribution in [0.5, 0.6) is 0 Å². The molecule has 9 heteroatoms. The first-order valence-electron chi connectivity index (χ1n) is 7.93. The summed E-state index contributed by atoms with van der Waals surface area (Å²) in [5, 5.41) is 13.4. The summed E-state index contributed by atoms with van der Waals surface area (Å²) >= 11 is 0. The molecule has 0 spiro atoms. The fourth-order valence-electron chi connectivity index (χ4n) is 2.56. The van der Waals surface area contributed by atoms with Crippen molar-refractivity contribution in [1.82, 2.24) is 4.90 Å². The molecular formula is C16H22N4O5. The normalized spacial score (nSPS) is 17.2. The van der Waals surface area contributed by atoms with Crippen LogP contribution in [-0.2, 0) is 9.53 Å². The smallest absolute Gasteiger partial charge is 0.410 e. The van der Waals surface area contributed by atoms with E-state index in [2.05, 4.69) is 5.32 Å². The van der Waals surface area contributed by atoms with Gasteiger partial charge in [0.25, 0.3) is 5.69 Å². The van der Waals surface area contributed by atoms with Gasteiger partial charge in [0.2, 0.25) is 5.91 Å². The molecular weight excluding hydrogens is 328 g/mol. The van der Waals surface area contributed by atoms with Crippen LogP contribution in [0.25, 0.3) is 0 Å². The molecule has 136 valence electrons. The Morgan fingerprint density at radius 2 is 2.08 bits per heavy atom. The van der Waals surface area contributed by atoms with Gasteiger partial charge in [0.05, 0.1) is 16.3 Å². The van der Waals surface area contributed by atoms with E-state index in [-0.39, 0.29) is 17.1 Å². The third-order valence-corrected chi connectivity index (χ3v) is 3.69. The third kappa shape index (κ3) is 4.59. The molecule has 25 heavy (non-hydrogen) atoms. The number of ether oxygens (including phenoxy) is 1. The maximum atomic E-state index is 12.5. The van der Waals surface area contributed by atoms with E-state index in [1.807, 2.05) is 0 Å². The van der Waals surface area contributed by atoms with E-state index in [9.17, 15) is 19.7 Å². The Morgan fingerprint density at radius 1 is 1.40 bits per heavy atom. The molecule has 1 heterocycles. The molecule has 1 aromatic carbocycles. The number of carbonyl (C=O) groups excluding carboxylic acids is 2. The van der Waals surface area contributed by atoms with Gasteiger partial charge in [-0.05, 0) is 39.7 Å². The molecule has 0 aliphatic carbocycles. The number of hydrogen-bond donors (Lipinski definition) is 2. The van der Waals surface area contributed by atoms with E-state index in [4.69, 9.17) is 10.5 Å². The number of nitrogen functional groups attached to an aromatic ring is 1. The largest absolute Gasteiger partial charge is 0.444 e. The van der Waals surface area contributed by atoms with E-state index >= 15 is 0 Å². The van der Waals surface area contributed by atoms with Crippen LogP contribution in [0.15, 0.2) is 18.2 Å². The molecule has 1 aromatic rings. The quantitative estimate of drug-likeness (QED) is 0.490. The highest BCUT2D eigenvalue weighted by Gasteiger charge is 2.36. The van der Waals surface area contributed by atoms with Crippen LogP contribution in [0, 0.1) is 10.1 Å². The Hall–Kier alpha value is -2.84. The first-order valence-corrected chi connectivity index (χ1v) is 7.93. The van der Waals surface area contributed by atoms with Gasteiger partial charge in [-0.15, -0.1) is 0 Å². The molecule has 1 aliphatic rings. The number of nitro groups is 1. The maximum Gasteiger partial charge on any atom is 0.410 e. The van der Waals surface area contributed by atoms with Crippen molar-refractivity contribution in [2.75, 3.05) is 17.6 Å². The number of carbonyl (C=O) groups is 2. The van der Waals surface area contributed by atoms with E-state index in [1.165, 1.54) is 23.1 Å². The number of nitrogens with zero attached hydrogens (tertiary/aromatic N) is 2. The average molecular weight is 350 g/mol. The minimum absolute atomic E-state index is 0.148. The number of nitrogens with one attached hydrogen (secondary N) is 1. The molecule has 0 unspecified atom stereocenters. The SMILES string of the molecule is CC(C)(C)OC(=O)N1CCC[C@H]1C(=O)Nc1cc([N+](=O)[O-])ccc1N. The van der Waals surface area contributed by atoms with Crippen molar-refractivity contribution < 1.29 is 19.2 Å². The van der Waals surface area contributed by atoms with Crippen LogP contribution in [-0.4, -0.2) is 40.0 Å². The van der Waals surface area contributed by atoms with Gasteiger partial charge in [0, 0.05) is 18.7 Å². The number of amides is 2. The molecule has 0 radical (unpaired) electrons. The van der Waals surface area contributed by atoms with Crippen molar-refractivity contribution in [3.05, 3.63) is 28.3 Å². The van der Waals surface area contributed by atoms with Gasteiger partial charge in [-0.3, -0.25) is 19.8 Å². The number of hydrogen-bond acceptors (Lipinski definition) is 6. The summed E-state index contributed by atoms with van der Waals surface area (Å²) < 4.78 is 5.32. The molecule has 3 N–H and O–H groups in total. The molecule has 9 nitrogen and oxygen atoms in total. The lowest BCUT2D eigenvalue weighted by Gasteiger charge is -2.28. The maximum absolute atomic E-state index is 12.5. The Labute approximate surface area is 145 Å². The number of rotatable bonds is 3. The van der Waals surface area contributed by atoms with Gasteiger partial charge in [-0.2, -0.15) is 0 Å². The van der Waals surface area contributed by atoms with Crippen molar-refractivity contribution in [2.45, 2.75) is 45.3 Å². The summed E-state index contributed by atoms with van der Waals surface area (Å²) in [6.07, 6.45) is 0.596. The standard InChI is InChI=1S/C16H22N4O5/c1-16(2,3)25-15(22)19-8-4-5-13(19)14(21)18-12-9-10(20(23)24)6-7-11(12)17/h6-7,9,13H,4-5,8,17H2,1-3H3,(H,18,21)/t13-/m0/s1. The topological polar surface area (TPSA) is 128 Å². The number of nitro benzene ring substituents is 1. The van der Waals surface area contributed by atoms with Crippen LogP contribution in [0.2, 0.25) is 0 Å². The second-order valence-corrected chi connectivity index (χ2v) is 6.85. The molecule has 1 aliphatic heterocycles. The summed E-state index contributed by atoms with van der Waals surface area (Å²) in [7, 11) is 0. The average Bonchev–Trinajstić information content (AvgIpc) is 2.97. The second kappa shape index (κ2) is 6.96.